The van der Waals surface area contributed by atoms with Gasteiger partial charge in [0.25, 0.3) is 11.5 Å². The Labute approximate surface area is 101 Å². The highest BCUT2D eigenvalue weighted by Gasteiger charge is 2.11. The second kappa shape index (κ2) is 4.66. The zero-order chi connectivity index (χ0) is 13.1. The quantitative estimate of drug-likeness (QED) is 0.682. The smallest absolute Gasteiger partial charge is 0.264 e. The minimum absolute atomic E-state index is 0.0249. The molecule has 0 aliphatic rings. The van der Waals surface area contributed by atoms with Crippen LogP contribution in [0.3, 0.4) is 0 Å². The fourth-order valence-corrected chi connectivity index (χ4v) is 1.34. The summed E-state index contributed by atoms with van der Waals surface area (Å²) in [6, 6.07) is 6.01. The normalized spacial score (nSPS) is 10.1. The van der Waals surface area contributed by atoms with Gasteiger partial charge >= 0.3 is 0 Å². The molecule has 0 unspecified atom stereocenters. The number of carbonyl (C=O) groups excluding carboxylic acids is 1. The second-order valence-corrected chi connectivity index (χ2v) is 3.49. The van der Waals surface area contributed by atoms with Crippen molar-refractivity contribution in [3.63, 3.8) is 0 Å². The monoisotopic (exact) mass is 248 g/mol. The third-order valence-electron chi connectivity index (χ3n) is 2.18. The molecule has 0 fully saturated rings. The van der Waals surface area contributed by atoms with Crippen molar-refractivity contribution in [3.8, 4) is 0 Å². The predicted molar refractivity (Wildman–Crippen MR) is 63.6 cm³/mol. The van der Waals surface area contributed by atoms with E-state index in [2.05, 4.69) is 15.5 Å². The molecule has 0 saturated carbocycles. The molecule has 1 aromatic heterocycles. The number of nitrogens with zero attached hydrogens (tertiary/aromatic N) is 1. The molecule has 2 aromatic rings. The Balaban J connectivity index is 2.22. The first-order valence-electron chi connectivity index (χ1n) is 4.98. The number of H-pyrrole nitrogens is 1. The number of anilines is 2. The molecule has 0 atom stereocenters. The predicted octanol–water partition coefficient (Wildman–Crippen LogP) is 0.744. The molecule has 18 heavy (non-hydrogen) atoms. The molecule has 0 spiro atoms. The molecule has 6 nitrogen and oxygen atoms in total. The van der Waals surface area contributed by atoms with E-state index in [1.165, 1.54) is 18.2 Å². The van der Waals surface area contributed by atoms with Crippen LogP contribution in [0.1, 0.15) is 10.4 Å². The van der Waals surface area contributed by atoms with Gasteiger partial charge in [0.15, 0.2) is 5.82 Å². The lowest BCUT2D eigenvalue weighted by molar-refractivity contribution is 0.102. The maximum absolute atomic E-state index is 12.8. The highest BCUT2D eigenvalue weighted by atomic mass is 19.1. The molecule has 0 aliphatic heterocycles. The number of nitrogens with two attached hydrogens (primary N) is 1. The van der Waals surface area contributed by atoms with Crippen LogP contribution < -0.4 is 16.6 Å². The Kier molecular flexibility index (Phi) is 3.05. The minimum atomic E-state index is -0.535. The fourth-order valence-electron chi connectivity index (χ4n) is 1.34. The summed E-state index contributed by atoms with van der Waals surface area (Å²) in [6.45, 7) is 0. The van der Waals surface area contributed by atoms with Gasteiger partial charge in [-0.2, -0.15) is 5.10 Å². The lowest BCUT2D eigenvalue weighted by atomic mass is 10.1. The fraction of sp³-hybridized carbons (Fsp3) is 0. The zero-order valence-corrected chi connectivity index (χ0v) is 9.11. The Morgan fingerprint density at radius 2 is 2.11 bits per heavy atom. The van der Waals surface area contributed by atoms with E-state index >= 15 is 0 Å². The summed E-state index contributed by atoms with van der Waals surface area (Å²) >= 11 is 0. The van der Waals surface area contributed by atoms with Crippen LogP contribution in [0.25, 0.3) is 0 Å². The Bertz CT molecular complexity index is 633. The van der Waals surface area contributed by atoms with Crippen LogP contribution >= 0.6 is 0 Å². The maximum atomic E-state index is 12.8. The first-order valence-corrected chi connectivity index (χ1v) is 4.98. The summed E-state index contributed by atoms with van der Waals surface area (Å²) < 4.78 is 12.8. The molecule has 2 rings (SSSR count). The average molecular weight is 248 g/mol. The Morgan fingerprint density at radius 3 is 2.72 bits per heavy atom. The van der Waals surface area contributed by atoms with Gasteiger partial charge in [-0.05, 0) is 24.3 Å². The van der Waals surface area contributed by atoms with Crippen LogP contribution in [0.15, 0.2) is 35.1 Å². The van der Waals surface area contributed by atoms with Crippen molar-refractivity contribution in [2.75, 3.05) is 11.1 Å². The van der Waals surface area contributed by atoms with Gasteiger partial charge < -0.3 is 11.1 Å². The van der Waals surface area contributed by atoms with E-state index in [0.29, 0.717) is 0 Å². The topological polar surface area (TPSA) is 101 Å². The molecule has 1 aromatic carbocycles. The summed E-state index contributed by atoms with van der Waals surface area (Å²) in [4.78, 5) is 22.6. The van der Waals surface area contributed by atoms with Gasteiger partial charge in [-0.15, -0.1) is 0 Å². The number of hydrogen-bond donors (Lipinski definition) is 3. The molecule has 92 valence electrons. The number of nitrogens with one attached hydrogen (secondary N) is 2. The van der Waals surface area contributed by atoms with Crippen molar-refractivity contribution in [2.24, 2.45) is 0 Å². The number of hydrogen-bond acceptors (Lipinski definition) is 4. The van der Waals surface area contributed by atoms with E-state index in [0.717, 1.165) is 12.1 Å². The Morgan fingerprint density at radius 1 is 1.33 bits per heavy atom. The molecule has 0 aliphatic carbocycles. The van der Waals surface area contributed by atoms with E-state index in [9.17, 15) is 14.0 Å². The number of halogens is 1. The first kappa shape index (κ1) is 11.8. The summed E-state index contributed by atoms with van der Waals surface area (Å²) in [5, 5.41) is 8.20. The third kappa shape index (κ3) is 2.51. The van der Waals surface area contributed by atoms with Gasteiger partial charge in [-0.25, -0.2) is 9.49 Å². The van der Waals surface area contributed by atoms with E-state index in [-0.39, 0.29) is 22.6 Å². The van der Waals surface area contributed by atoms with Gasteiger partial charge in [0.2, 0.25) is 0 Å². The number of amides is 1. The van der Waals surface area contributed by atoms with Gasteiger partial charge in [-0.3, -0.25) is 9.59 Å². The minimum Gasteiger partial charge on any atom is -0.398 e. The SMILES string of the molecule is Nc1cc(F)ccc1C(=O)Nc1ccc(=O)[nH]n1. The summed E-state index contributed by atoms with van der Waals surface area (Å²) in [6.07, 6.45) is 0. The summed E-state index contributed by atoms with van der Waals surface area (Å²) in [5.74, 6) is -0.887. The molecule has 0 bridgehead atoms. The van der Waals surface area contributed by atoms with Crippen LogP contribution in [0.5, 0.6) is 0 Å². The van der Waals surface area contributed by atoms with E-state index in [1.807, 2.05) is 0 Å². The Hall–Kier alpha value is -2.70. The van der Waals surface area contributed by atoms with Crippen LogP contribution in [0.2, 0.25) is 0 Å². The van der Waals surface area contributed by atoms with Gasteiger partial charge in [0.05, 0.1) is 5.56 Å². The zero-order valence-electron chi connectivity index (χ0n) is 9.11. The molecule has 4 N–H and O–H groups in total. The highest BCUT2D eigenvalue weighted by molar-refractivity contribution is 6.07. The molecule has 1 amide bonds. The van der Waals surface area contributed by atoms with Gasteiger partial charge in [0.1, 0.15) is 5.82 Å². The lowest BCUT2D eigenvalue weighted by Crippen LogP contribution is -2.17. The summed E-state index contributed by atoms with van der Waals surface area (Å²) in [7, 11) is 0. The van der Waals surface area contributed by atoms with Gasteiger partial charge in [-0.1, -0.05) is 0 Å². The molecular weight excluding hydrogens is 239 g/mol. The van der Waals surface area contributed by atoms with Gasteiger partial charge in [0, 0.05) is 11.8 Å². The van der Waals surface area contributed by atoms with Crippen molar-refractivity contribution < 1.29 is 9.18 Å². The van der Waals surface area contributed by atoms with Crippen LogP contribution in [-0.4, -0.2) is 16.1 Å². The van der Waals surface area contributed by atoms with Crippen molar-refractivity contribution in [3.05, 3.63) is 52.1 Å². The van der Waals surface area contributed by atoms with E-state index in [4.69, 9.17) is 5.73 Å². The highest BCUT2D eigenvalue weighted by Crippen LogP contribution is 2.14. The maximum Gasteiger partial charge on any atom is 0.264 e. The number of benzene rings is 1. The number of rotatable bonds is 2. The molecule has 0 saturated heterocycles. The molecular formula is C11H9FN4O2. The van der Waals surface area contributed by atoms with Crippen molar-refractivity contribution in [1.82, 2.24) is 10.2 Å². The molecule has 1 heterocycles. The first-order chi connectivity index (χ1) is 8.56. The van der Waals surface area contributed by atoms with Crippen LogP contribution in [0.4, 0.5) is 15.9 Å². The lowest BCUT2D eigenvalue weighted by Gasteiger charge is -2.06. The number of aromatic nitrogens is 2. The number of nitrogen functional groups attached to an aromatic ring is 1. The average Bonchev–Trinajstić information content (AvgIpc) is 2.32. The van der Waals surface area contributed by atoms with E-state index < -0.39 is 11.7 Å². The van der Waals surface area contributed by atoms with E-state index in [1.54, 1.807) is 0 Å². The molecule has 0 radical (unpaired) electrons. The van der Waals surface area contributed by atoms with Crippen LogP contribution in [-0.2, 0) is 0 Å². The number of aromatic amines is 1. The van der Waals surface area contributed by atoms with Crippen molar-refractivity contribution in [1.29, 1.82) is 0 Å². The third-order valence-corrected chi connectivity index (χ3v) is 2.18. The van der Waals surface area contributed by atoms with Crippen molar-refractivity contribution >= 4 is 17.4 Å². The van der Waals surface area contributed by atoms with Crippen molar-refractivity contribution in [2.45, 2.75) is 0 Å². The summed E-state index contributed by atoms with van der Waals surface area (Å²) in [5.41, 5.74) is 5.29. The van der Waals surface area contributed by atoms with Crippen LogP contribution in [0, 0.1) is 5.82 Å². The largest absolute Gasteiger partial charge is 0.398 e. The number of carbonyl (C=O) groups is 1. The second-order valence-electron chi connectivity index (χ2n) is 3.49. The molecule has 7 heteroatoms. The standard InChI is InChI=1S/C11H9FN4O2/c12-6-1-2-7(8(13)5-6)11(18)14-9-3-4-10(17)16-15-9/h1-5H,13H2,(H,16,17)(H,14,15,18).